The first-order valence-electron chi connectivity index (χ1n) is 8.59. The van der Waals surface area contributed by atoms with E-state index in [0.717, 1.165) is 10.6 Å². The molecule has 0 radical (unpaired) electrons. The van der Waals surface area contributed by atoms with Gasteiger partial charge in [0.1, 0.15) is 16.5 Å². The minimum atomic E-state index is -0.309. The van der Waals surface area contributed by atoms with E-state index in [2.05, 4.69) is 20.6 Å². The van der Waals surface area contributed by atoms with Crippen LogP contribution in [0.3, 0.4) is 0 Å². The number of anilines is 2. The Kier molecular flexibility index (Phi) is 5.23. The van der Waals surface area contributed by atoms with Crippen molar-refractivity contribution < 1.29 is 9.59 Å². The van der Waals surface area contributed by atoms with Crippen LogP contribution in [-0.4, -0.2) is 41.4 Å². The van der Waals surface area contributed by atoms with E-state index < -0.39 is 0 Å². The molecule has 9 heteroatoms. The number of benzene rings is 1. The van der Waals surface area contributed by atoms with E-state index in [0.29, 0.717) is 35.3 Å². The Hall–Kier alpha value is -2.97. The minimum absolute atomic E-state index is 0.0236. The molecule has 0 saturated carbocycles. The maximum absolute atomic E-state index is 12.5. The van der Waals surface area contributed by atoms with Crippen LogP contribution < -0.4 is 15.5 Å². The largest absolute Gasteiger partial charge is 0.353 e. The van der Waals surface area contributed by atoms with E-state index in [4.69, 9.17) is 11.6 Å². The third kappa shape index (κ3) is 4.13. The average molecular weight is 414 g/mol. The first kappa shape index (κ1) is 18.4. The van der Waals surface area contributed by atoms with Crippen LogP contribution in [0.2, 0.25) is 5.02 Å². The number of rotatable bonds is 4. The number of aromatic nitrogens is 2. The van der Waals surface area contributed by atoms with Crippen molar-refractivity contribution in [2.75, 3.05) is 29.9 Å². The standard InChI is InChI=1S/C19H16ClN5O2S/c20-13-3-1-2-12(8-13)19-24-15(11-28-19)18(27)23-14-4-5-16(22-9-14)25-7-6-21-17(26)10-25/h1-5,8-9,11H,6-7,10H2,(H,21,26)(H,23,27). The molecule has 1 aliphatic rings. The van der Waals surface area contributed by atoms with Crippen molar-refractivity contribution in [1.82, 2.24) is 15.3 Å². The molecule has 0 atom stereocenters. The Labute approximate surface area is 170 Å². The molecule has 28 heavy (non-hydrogen) atoms. The zero-order valence-electron chi connectivity index (χ0n) is 14.7. The number of piperazine rings is 1. The molecule has 0 bridgehead atoms. The summed E-state index contributed by atoms with van der Waals surface area (Å²) in [6, 6.07) is 10.9. The number of nitrogens with one attached hydrogen (secondary N) is 2. The number of carbonyl (C=O) groups is 2. The van der Waals surface area contributed by atoms with Crippen molar-refractivity contribution in [3.05, 3.63) is 58.7 Å². The Bertz CT molecular complexity index is 1020. The molecule has 3 aromatic rings. The van der Waals surface area contributed by atoms with E-state index in [1.54, 1.807) is 29.8 Å². The Morgan fingerprint density at radius 1 is 1.29 bits per heavy atom. The first-order valence-corrected chi connectivity index (χ1v) is 9.85. The molecular formula is C19H16ClN5O2S. The molecule has 1 aromatic carbocycles. The van der Waals surface area contributed by atoms with Crippen molar-refractivity contribution in [1.29, 1.82) is 0 Å². The monoisotopic (exact) mass is 413 g/mol. The van der Waals surface area contributed by atoms with Crippen LogP contribution in [0.5, 0.6) is 0 Å². The molecule has 0 spiro atoms. The van der Waals surface area contributed by atoms with Gasteiger partial charge in [-0.2, -0.15) is 0 Å². The van der Waals surface area contributed by atoms with Crippen LogP contribution in [0.4, 0.5) is 11.5 Å². The summed E-state index contributed by atoms with van der Waals surface area (Å²) < 4.78 is 0. The molecule has 2 amide bonds. The van der Waals surface area contributed by atoms with Crippen molar-refractivity contribution in [2.45, 2.75) is 0 Å². The summed E-state index contributed by atoms with van der Waals surface area (Å²) in [5, 5.41) is 8.62. The van der Waals surface area contributed by atoms with Gasteiger partial charge in [-0.3, -0.25) is 9.59 Å². The quantitative estimate of drug-likeness (QED) is 0.686. The lowest BCUT2D eigenvalue weighted by atomic mass is 10.2. The lowest BCUT2D eigenvalue weighted by Gasteiger charge is -2.27. The van der Waals surface area contributed by atoms with Gasteiger partial charge in [-0.25, -0.2) is 9.97 Å². The minimum Gasteiger partial charge on any atom is -0.353 e. The van der Waals surface area contributed by atoms with Crippen LogP contribution in [-0.2, 0) is 4.79 Å². The number of hydrogen-bond acceptors (Lipinski definition) is 6. The summed E-state index contributed by atoms with van der Waals surface area (Å²) in [5.41, 5.74) is 1.76. The van der Waals surface area contributed by atoms with E-state index in [1.165, 1.54) is 11.3 Å². The van der Waals surface area contributed by atoms with Crippen LogP contribution >= 0.6 is 22.9 Å². The van der Waals surface area contributed by atoms with Gasteiger partial charge in [-0.05, 0) is 24.3 Å². The number of nitrogens with zero attached hydrogens (tertiary/aromatic N) is 3. The molecule has 1 aliphatic heterocycles. The number of thiazole rings is 1. The summed E-state index contributed by atoms with van der Waals surface area (Å²) in [5.74, 6) is 0.366. The highest BCUT2D eigenvalue weighted by Crippen LogP contribution is 2.26. The van der Waals surface area contributed by atoms with Gasteiger partial charge in [-0.1, -0.05) is 23.7 Å². The Balaban J connectivity index is 1.43. The molecule has 3 heterocycles. The fourth-order valence-corrected chi connectivity index (χ4v) is 3.80. The highest BCUT2D eigenvalue weighted by Gasteiger charge is 2.18. The van der Waals surface area contributed by atoms with Gasteiger partial charge in [0.25, 0.3) is 5.91 Å². The van der Waals surface area contributed by atoms with Crippen LogP contribution in [0.1, 0.15) is 10.5 Å². The van der Waals surface area contributed by atoms with Gasteiger partial charge in [0.2, 0.25) is 5.91 Å². The molecular weight excluding hydrogens is 398 g/mol. The molecule has 2 N–H and O–H groups in total. The van der Waals surface area contributed by atoms with E-state index in [9.17, 15) is 9.59 Å². The number of pyridine rings is 1. The van der Waals surface area contributed by atoms with Crippen molar-refractivity contribution in [3.63, 3.8) is 0 Å². The average Bonchev–Trinajstić information content (AvgIpc) is 3.19. The molecule has 7 nitrogen and oxygen atoms in total. The van der Waals surface area contributed by atoms with E-state index >= 15 is 0 Å². The SMILES string of the molecule is O=C1CN(c2ccc(NC(=O)c3csc(-c4cccc(Cl)c4)n3)cn2)CCN1. The first-order chi connectivity index (χ1) is 13.6. The molecule has 0 unspecified atom stereocenters. The molecule has 1 fully saturated rings. The van der Waals surface area contributed by atoms with Crippen molar-refractivity contribution in [3.8, 4) is 10.6 Å². The predicted octanol–water partition coefficient (Wildman–Crippen LogP) is 3.05. The van der Waals surface area contributed by atoms with E-state index in [-0.39, 0.29) is 18.4 Å². The van der Waals surface area contributed by atoms with Crippen molar-refractivity contribution >= 4 is 46.3 Å². The highest BCUT2D eigenvalue weighted by molar-refractivity contribution is 7.13. The van der Waals surface area contributed by atoms with Gasteiger partial charge in [0, 0.05) is 29.1 Å². The summed E-state index contributed by atoms with van der Waals surface area (Å²) >= 11 is 7.39. The number of halogens is 1. The smallest absolute Gasteiger partial charge is 0.275 e. The fourth-order valence-electron chi connectivity index (χ4n) is 2.81. The predicted molar refractivity (Wildman–Crippen MR) is 110 cm³/mol. The normalized spacial score (nSPS) is 13.9. The van der Waals surface area contributed by atoms with Gasteiger partial charge in [0.15, 0.2) is 0 Å². The van der Waals surface area contributed by atoms with E-state index in [1.807, 2.05) is 23.1 Å². The van der Waals surface area contributed by atoms with Gasteiger partial charge >= 0.3 is 0 Å². The van der Waals surface area contributed by atoms with Crippen molar-refractivity contribution in [2.24, 2.45) is 0 Å². The Morgan fingerprint density at radius 2 is 2.18 bits per heavy atom. The third-order valence-electron chi connectivity index (χ3n) is 4.18. The molecule has 0 aliphatic carbocycles. The number of amides is 2. The topological polar surface area (TPSA) is 87.2 Å². The Morgan fingerprint density at radius 3 is 2.93 bits per heavy atom. The second kappa shape index (κ2) is 7.95. The molecule has 4 rings (SSSR count). The maximum atomic E-state index is 12.5. The molecule has 2 aromatic heterocycles. The van der Waals surface area contributed by atoms with Gasteiger partial charge in [-0.15, -0.1) is 11.3 Å². The van der Waals surface area contributed by atoms with Gasteiger partial charge < -0.3 is 15.5 Å². The zero-order valence-corrected chi connectivity index (χ0v) is 16.3. The van der Waals surface area contributed by atoms with Crippen LogP contribution in [0.25, 0.3) is 10.6 Å². The summed E-state index contributed by atoms with van der Waals surface area (Å²) in [6.07, 6.45) is 1.57. The lowest BCUT2D eigenvalue weighted by Crippen LogP contribution is -2.48. The van der Waals surface area contributed by atoms with Crippen LogP contribution in [0, 0.1) is 0 Å². The summed E-state index contributed by atoms with van der Waals surface area (Å²) in [6.45, 7) is 1.58. The third-order valence-corrected chi connectivity index (χ3v) is 5.30. The molecule has 142 valence electrons. The zero-order chi connectivity index (χ0) is 19.5. The highest BCUT2D eigenvalue weighted by atomic mass is 35.5. The summed E-state index contributed by atoms with van der Waals surface area (Å²) in [7, 11) is 0. The van der Waals surface area contributed by atoms with Crippen LogP contribution in [0.15, 0.2) is 48.0 Å². The fraction of sp³-hybridized carbons (Fsp3) is 0.158. The second-order valence-electron chi connectivity index (χ2n) is 6.18. The number of hydrogen-bond donors (Lipinski definition) is 2. The number of carbonyl (C=O) groups excluding carboxylic acids is 2. The maximum Gasteiger partial charge on any atom is 0.275 e. The van der Waals surface area contributed by atoms with Gasteiger partial charge in [0.05, 0.1) is 18.4 Å². The molecule has 1 saturated heterocycles. The lowest BCUT2D eigenvalue weighted by molar-refractivity contribution is -0.120. The summed E-state index contributed by atoms with van der Waals surface area (Å²) in [4.78, 5) is 34.6. The second-order valence-corrected chi connectivity index (χ2v) is 7.47.